The van der Waals surface area contributed by atoms with Crippen molar-refractivity contribution in [1.82, 2.24) is 0 Å². The van der Waals surface area contributed by atoms with Gasteiger partial charge in [-0.2, -0.15) is 5.26 Å². The van der Waals surface area contributed by atoms with Crippen LogP contribution in [0.25, 0.3) is 0 Å². The van der Waals surface area contributed by atoms with Crippen molar-refractivity contribution in [3.8, 4) is 6.07 Å². The Balaban J connectivity index is 3.00. The van der Waals surface area contributed by atoms with Gasteiger partial charge in [0.1, 0.15) is 5.41 Å². The third-order valence-corrected chi connectivity index (χ3v) is 4.13. The molecule has 0 fully saturated rings. The maximum atomic E-state index is 9.65. The highest BCUT2D eigenvalue weighted by Gasteiger charge is 2.35. The molecule has 0 bridgehead atoms. The summed E-state index contributed by atoms with van der Waals surface area (Å²) in [6, 6.07) is 12.0. The van der Waals surface area contributed by atoms with Gasteiger partial charge in [-0.3, -0.25) is 0 Å². The summed E-state index contributed by atoms with van der Waals surface area (Å²) in [6.07, 6.45) is 5.13. The molecule has 0 N–H and O–H groups in total. The van der Waals surface area contributed by atoms with Crippen molar-refractivity contribution in [3.05, 3.63) is 46.5 Å². The molecule has 1 aromatic rings. The van der Waals surface area contributed by atoms with Crippen LogP contribution in [-0.2, 0) is 5.41 Å². The van der Waals surface area contributed by atoms with E-state index in [1.54, 1.807) is 0 Å². The molecule has 0 saturated carbocycles. The molecule has 0 saturated heterocycles. The number of benzene rings is 1. The highest BCUT2D eigenvalue weighted by molar-refractivity contribution is 6.37. The number of nitrogens with zero attached hydrogens (tertiary/aromatic N) is 1. The lowest BCUT2D eigenvalue weighted by Crippen LogP contribution is -2.24. The lowest BCUT2D eigenvalue weighted by Gasteiger charge is -2.26. The number of unbranched alkanes of at least 4 members (excludes halogenated alkanes) is 3. The Bertz CT molecular complexity index is 448. The quantitative estimate of drug-likeness (QED) is 0.589. The lowest BCUT2D eigenvalue weighted by molar-refractivity contribution is 0.536. The van der Waals surface area contributed by atoms with Gasteiger partial charge in [-0.1, -0.05) is 86.1 Å². The van der Waals surface area contributed by atoms with Crippen molar-refractivity contribution in [3.63, 3.8) is 0 Å². The Morgan fingerprint density at radius 3 is 2.47 bits per heavy atom. The molecule has 0 heterocycles. The number of halogens is 2. The summed E-state index contributed by atoms with van der Waals surface area (Å²) in [7, 11) is 0. The third kappa shape index (κ3) is 4.00. The van der Waals surface area contributed by atoms with Gasteiger partial charge >= 0.3 is 0 Å². The van der Waals surface area contributed by atoms with Crippen molar-refractivity contribution in [1.29, 1.82) is 5.26 Å². The second-order valence-electron chi connectivity index (χ2n) is 4.65. The molecular formula is C16H19Cl2N. The highest BCUT2D eigenvalue weighted by atomic mass is 35.5. The summed E-state index contributed by atoms with van der Waals surface area (Å²) < 4.78 is 0. The van der Waals surface area contributed by atoms with Crippen LogP contribution in [0.1, 0.15) is 44.6 Å². The molecule has 1 unspecified atom stereocenters. The first-order valence-corrected chi connectivity index (χ1v) is 7.46. The average molecular weight is 296 g/mol. The first-order valence-electron chi connectivity index (χ1n) is 6.64. The summed E-state index contributed by atoms with van der Waals surface area (Å²) in [6.45, 7) is 2.17. The third-order valence-electron chi connectivity index (χ3n) is 3.37. The van der Waals surface area contributed by atoms with Crippen LogP contribution in [0.5, 0.6) is 0 Å². The molecule has 102 valence electrons. The maximum Gasteiger partial charge on any atom is 0.118 e. The Labute approximate surface area is 125 Å². The standard InChI is InChI=1S/C16H19Cl2N/c1-2-3-4-8-11-16(13-19,15(18)12-17)14-9-6-5-7-10-14/h5-7,9-10,12H,2-4,8,11H2,1H3/b15-12+. The molecular weight excluding hydrogens is 277 g/mol. The van der Waals surface area contributed by atoms with E-state index in [4.69, 9.17) is 23.2 Å². The Morgan fingerprint density at radius 1 is 1.26 bits per heavy atom. The van der Waals surface area contributed by atoms with E-state index < -0.39 is 5.41 Å². The fourth-order valence-corrected chi connectivity index (χ4v) is 2.64. The predicted octanol–water partition coefficient (Wildman–Crippen LogP) is 5.74. The zero-order valence-electron chi connectivity index (χ0n) is 11.2. The lowest BCUT2D eigenvalue weighted by atomic mass is 9.77. The van der Waals surface area contributed by atoms with Crippen molar-refractivity contribution >= 4 is 23.2 Å². The Morgan fingerprint density at radius 2 is 1.95 bits per heavy atom. The average Bonchev–Trinajstić information content (AvgIpc) is 2.48. The van der Waals surface area contributed by atoms with E-state index in [2.05, 4.69) is 13.0 Å². The fourth-order valence-electron chi connectivity index (χ4n) is 2.21. The molecule has 0 aliphatic heterocycles. The molecule has 1 nitrogen and oxygen atoms in total. The molecule has 19 heavy (non-hydrogen) atoms. The topological polar surface area (TPSA) is 23.8 Å². The normalized spacial score (nSPS) is 14.7. The summed E-state index contributed by atoms with van der Waals surface area (Å²) in [5, 5.41) is 10.1. The molecule has 0 aromatic heterocycles. The van der Waals surface area contributed by atoms with Gasteiger partial charge in [-0.05, 0) is 12.0 Å². The van der Waals surface area contributed by atoms with Crippen molar-refractivity contribution < 1.29 is 0 Å². The van der Waals surface area contributed by atoms with Gasteiger partial charge in [0, 0.05) is 5.54 Å². The zero-order valence-corrected chi connectivity index (χ0v) is 12.7. The SMILES string of the molecule is CCCCCCC(C#N)(/C(Cl)=C\Cl)c1ccccc1. The Kier molecular flexibility index (Phi) is 6.99. The second kappa shape index (κ2) is 8.25. The van der Waals surface area contributed by atoms with E-state index in [-0.39, 0.29) is 0 Å². The maximum absolute atomic E-state index is 9.65. The number of allylic oxidation sites excluding steroid dienone is 1. The molecule has 0 aliphatic carbocycles. The van der Waals surface area contributed by atoms with Crippen molar-refractivity contribution in [2.45, 2.75) is 44.4 Å². The van der Waals surface area contributed by atoms with E-state index in [0.29, 0.717) is 11.5 Å². The van der Waals surface area contributed by atoms with Crippen LogP contribution in [0.15, 0.2) is 40.9 Å². The van der Waals surface area contributed by atoms with Crippen molar-refractivity contribution in [2.24, 2.45) is 0 Å². The molecule has 0 radical (unpaired) electrons. The molecule has 1 aromatic carbocycles. The van der Waals surface area contributed by atoms with E-state index in [1.165, 1.54) is 18.4 Å². The first kappa shape index (κ1) is 16.1. The van der Waals surface area contributed by atoms with E-state index >= 15 is 0 Å². The first-order chi connectivity index (χ1) is 9.21. The van der Waals surface area contributed by atoms with Gasteiger partial charge < -0.3 is 0 Å². The van der Waals surface area contributed by atoms with E-state index in [0.717, 1.165) is 18.4 Å². The van der Waals surface area contributed by atoms with Crippen LogP contribution in [0.3, 0.4) is 0 Å². The minimum absolute atomic E-state index is 0.402. The van der Waals surface area contributed by atoms with Crippen LogP contribution in [0, 0.1) is 11.3 Å². The second-order valence-corrected chi connectivity index (χ2v) is 5.28. The summed E-state index contributed by atoms with van der Waals surface area (Å²) in [5.74, 6) is 0. The number of hydrogen-bond acceptors (Lipinski definition) is 1. The molecule has 3 heteroatoms. The minimum Gasteiger partial charge on any atom is -0.197 e. The van der Waals surface area contributed by atoms with Crippen LogP contribution < -0.4 is 0 Å². The molecule has 1 atom stereocenters. The van der Waals surface area contributed by atoms with Gasteiger partial charge in [0.15, 0.2) is 0 Å². The largest absolute Gasteiger partial charge is 0.197 e. The zero-order chi connectivity index (χ0) is 14.1. The summed E-state index contributed by atoms with van der Waals surface area (Å²) >= 11 is 12.0. The van der Waals surface area contributed by atoms with Crippen molar-refractivity contribution in [2.75, 3.05) is 0 Å². The number of nitriles is 1. The molecule has 0 aliphatic rings. The van der Waals surface area contributed by atoms with Gasteiger partial charge in [0.25, 0.3) is 0 Å². The van der Waals surface area contributed by atoms with E-state index in [9.17, 15) is 5.26 Å². The van der Waals surface area contributed by atoms with E-state index in [1.807, 2.05) is 30.3 Å². The fraction of sp³-hybridized carbons (Fsp3) is 0.438. The van der Waals surface area contributed by atoms with Gasteiger partial charge in [0.05, 0.1) is 11.1 Å². The smallest absolute Gasteiger partial charge is 0.118 e. The van der Waals surface area contributed by atoms with Gasteiger partial charge in [0.2, 0.25) is 0 Å². The van der Waals surface area contributed by atoms with Crippen LogP contribution >= 0.6 is 23.2 Å². The highest BCUT2D eigenvalue weighted by Crippen LogP contribution is 2.39. The van der Waals surface area contributed by atoms with Gasteiger partial charge in [-0.25, -0.2) is 0 Å². The molecule has 1 rings (SSSR count). The van der Waals surface area contributed by atoms with Crippen LogP contribution in [-0.4, -0.2) is 0 Å². The van der Waals surface area contributed by atoms with Crippen LogP contribution in [0.4, 0.5) is 0 Å². The summed E-state index contributed by atoms with van der Waals surface area (Å²) in [5.41, 5.74) is 1.42. The number of rotatable bonds is 7. The molecule has 0 spiro atoms. The Hall–Kier alpha value is -0.970. The monoisotopic (exact) mass is 295 g/mol. The minimum atomic E-state index is -0.807. The van der Waals surface area contributed by atoms with Crippen LogP contribution in [0.2, 0.25) is 0 Å². The van der Waals surface area contributed by atoms with Gasteiger partial charge in [-0.15, -0.1) is 0 Å². The molecule has 0 amide bonds. The number of hydrogen-bond donors (Lipinski definition) is 0. The summed E-state index contributed by atoms with van der Waals surface area (Å²) in [4.78, 5) is 0. The predicted molar refractivity (Wildman–Crippen MR) is 82.3 cm³/mol.